The fourth-order valence-corrected chi connectivity index (χ4v) is 3.18. The lowest BCUT2D eigenvalue weighted by Gasteiger charge is -2.17. The van der Waals surface area contributed by atoms with Crippen LogP contribution in [0.15, 0.2) is 28.8 Å². The molecule has 1 aliphatic heterocycles. The van der Waals surface area contributed by atoms with Gasteiger partial charge in [-0.05, 0) is 51.9 Å². The summed E-state index contributed by atoms with van der Waals surface area (Å²) < 4.78 is 17.1. The number of rotatable bonds is 3. The summed E-state index contributed by atoms with van der Waals surface area (Å²) in [6.07, 6.45) is 0.948. The molecule has 0 radical (unpaired) electrons. The Labute approximate surface area is 147 Å². The molecule has 1 aromatic carbocycles. The van der Waals surface area contributed by atoms with E-state index < -0.39 is 0 Å². The van der Waals surface area contributed by atoms with Crippen molar-refractivity contribution in [1.29, 1.82) is 0 Å². The lowest BCUT2D eigenvalue weighted by atomic mass is 10.1. The highest BCUT2D eigenvalue weighted by Crippen LogP contribution is 2.26. The number of hydrogen-bond acceptors (Lipinski definition) is 5. The van der Waals surface area contributed by atoms with Gasteiger partial charge in [0.25, 0.3) is 5.88 Å². The van der Waals surface area contributed by atoms with Gasteiger partial charge in [0.1, 0.15) is 12.4 Å². The third-order valence-corrected chi connectivity index (χ3v) is 4.44. The Morgan fingerprint density at radius 3 is 3.00 bits per heavy atom. The van der Waals surface area contributed by atoms with E-state index in [2.05, 4.69) is 33.8 Å². The standard InChI is InChI=1S/C16H17IN2O4/c1-21-16(20)19-7-5-13-14(6-8-19)23-18-15(13)22-10-11-3-2-4-12(17)9-11/h2-4,9H,5-8,10H2,1H3. The molecule has 122 valence electrons. The van der Waals surface area contributed by atoms with Crippen LogP contribution in [0.25, 0.3) is 0 Å². The van der Waals surface area contributed by atoms with Crippen LogP contribution in [0.1, 0.15) is 16.9 Å². The SMILES string of the molecule is COC(=O)N1CCc2onc(OCc3cccc(I)c3)c2CC1. The molecule has 0 N–H and O–H groups in total. The second kappa shape index (κ2) is 7.20. The highest BCUT2D eigenvalue weighted by Gasteiger charge is 2.25. The molecule has 0 saturated carbocycles. The van der Waals surface area contributed by atoms with E-state index in [4.69, 9.17) is 14.0 Å². The Balaban J connectivity index is 1.68. The molecule has 0 saturated heterocycles. The number of halogens is 1. The number of carbonyl (C=O) groups excluding carboxylic acids is 1. The first-order valence-corrected chi connectivity index (χ1v) is 8.43. The summed E-state index contributed by atoms with van der Waals surface area (Å²) in [6.45, 7) is 1.57. The Kier molecular flexibility index (Phi) is 5.04. The van der Waals surface area contributed by atoms with Crippen LogP contribution in [0.5, 0.6) is 5.88 Å². The van der Waals surface area contributed by atoms with Gasteiger partial charge >= 0.3 is 6.09 Å². The first-order valence-electron chi connectivity index (χ1n) is 7.35. The summed E-state index contributed by atoms with van der Waals surface area (Å²) in [4.78, 5) is 13.3. The highest BCUT2D eigenvalue weighted by atomic mass is 127. The molecular formula is C16H17IN2O4. The summed E-state index contributed by atoms with van der Waals surface area (Å²) in [5, 5.41) is 4.03. The number of hydrogen-bond donors (Lipinski definition) is 0. The Morgan fingerprint density at radius 2 is 2.22 bits per heavy atom. The molecule has 2 heterocycles. The smallest absolute Gasteiger partial charge is 0.409 e. The minimum Gasteiger partial charge on any atom is -0.470 e. The summed E-state index contributed by atoms with van der Waals surface area (Å²) in [5.74, 6) is 1.31. The van der Waals surface area contributed by atoms with E-state index in [1.807, 2.05) is 18.2 Å². The van der Waals surface area contributed by atoms with Crippen LogP contribution in [0.2, 0.25) is 0 Å². The van der Waals surface area contributed by atoms with Gasteiger partial charge in [0, 0.05) is 23.1 Å². The van der Waals surface area contributed by atoms with Crippen LogP contribution in [0, 0.1) is 3.57 Å². The molecule has 2 aromatic rings. The average molecular weight is 428 g/mol. The van der Waals surface area contributed by atoms with Crippen LogP contribution in [-0.4, -0.2) is 36.3 Å². The van der Waals surface area contributed by atoms with E-state index in [1.54, 1.807) is 4.90 Å². The minimum atomic E-state index is -0.315. The number of nitrogens with zero attached hydrogens (tertiary/aromatic N) is 2. The Bertz CT molecular complexity index is 701. The van der Waals surface area contributed by atoms with Crippen molar-refractivity contribution in [1.82, 2.24) is 10.1 Å². The predicted octanol–water partition coefficient (Wildman–Crippen LogP) is 3.03. The lowest BCUT2D eigenvalue weighted by Crippen LogP contribution is -2.33. The van der Waals surface area contributed by atoms with Crippen molar-refractivity contribution in [2.45, 2.75) is 19.4 Å². The van der Waals surface area contributed by atoms with Crippen molar-refractivity contribution in [2.75, 3.05) is 20.2 Å². The molecule has 0 unspecified atom stereocenters. The normalized spacial score (nSPS) is 14.1. The molecule has 23 heavy (non-hydrogen) atoms. The van der Waals surface area contributed by atoms with Crippen molar-refractivity contribution in [3.63, 3.8) is 0 Å². The zero-order valence-corrected chi connectivity index (χ0v) is 14.9. The van der Waals surface area contributed by atoms with Crippen LogP contribution in [0.4, 0.5) is 4.79 Å². The molecule has 0 atom stereocenters. The zero-order valence-electron chi connectivity index (χ0n) is 12.8. The third-order valence-electron chi connectivity index (χ3n) is 3.77. The molecule has 0 aliphatic carbocycles. The third kappa shape index (κ3) is 3.77. The van der Waals surface area contributed by atoms with Crippen molar-refractivity contribution in [3.05, 3.63) is 44.7 Å². The molecule has 1 aromatic heterocycles. The van der Waals surface area contributed by atoms with Gasteiger partial charge in [-0.15, -0.1) is 0 Å². The van der Waals surface area contributed by atoms with Gasteiger partial charge in [-0.2, -0.15) is 0 Å². The number of carbonyl (C=O) groups is 1. The van der Waals surface area contributed by atoms with Gasteiger partial charge in [0.05, 0.1) is 12.7 Å². The molecular weight excluding hydrogens is 411 g/mol. The van der Waals surface area contributed by atoms with Gasteiger partial charge in [0.15, 0.2) is 0 Å². The molecule has 1 aliphatic rings. The zero-order chi connectivity index (χ0) is 16.2. The first kappa shape index (κ1) is 16.1. The summed E-state index contributed by atoms with van der Waals surface area (Å²) in [6, 6.07) is 8.11. The van der Waals surface area contributed by atoms with Crippen molar-refractivity contribution < 1.29 is 18.8 Å². The van der Waals surface area contributed by atoms with Gasteiger partial charge < -0.3 is 18.9 Å². The van der Waals surface area contributed by atoms with E-state index in [0.29, 0.717) is 38.4 Å². The number of methoxy groups -OCH3 is 1. The molecule has 6 nitrogen and oxygen atoms in total. The maximum atomic E-state index is 11.6. The first-order chi connectivity index (χ1) is 11.2. The van der Waals surface area contributed by atoms with Crippen LogP contribution in [-0.2, 0) is 24.2 Å². The second-order valence-corrected chi connectivity index (χ2v) is 6.51. The van der Waals surface area contributed by atoms with E-state index in [9.17, 15) is 4.79 Å². The summed E-state index contributed by atoms with van der Waals surface area (Å²) in [7, 11) is 1.39. The second-order valence-electron chi connectivity index (χ2n) is 5.27. The maximum Gasteiger partial charge on any atom is 0.409 e. The van der Waals surface area contributed by atoms with E-state index >= 15 is 0 Å². The molecule has 3 rings (SSSR count). The lowest BCUT2D eigenvalue weighted by molar-refractivity contribution is 0.124. The van der Waals surface area contributed by atoms with Gasteiger partial charge in [-0.25, -0.2) is 4.79 Å². The van der Waals surface area contributed by atoms with E-state index in [-0.39, 0.29) is 6.09 Å². The Hall–Kier alpha value is -1.77. The van der Waals surface area contributed by atoms with E-state index in [1.165, 1.54) is 7.11 Å². The monoisotopic (exact) mass is 428 g/mol. The van der Waals surface area contributed by atoms with Crippen LogP contribution < -0.4 is 4.74 Å². The van der Waals surface area contributed by atoms with Gasteiger partial charge in [0.2, 0.25) is 0 Å². The number of ether oxygens (including phenoxy) is 2. The summed E-state index contributed by atoms with van der Waals surface area (Å²) >= 11 is 2.27. The topological polar surface area (TPSA) is 64.8 Å². The van der Waals surface area contributed by atoms with Crippen molar-refractivity contribution in [2.24, 2.45) is 0 Å². The Morgan fingerprint density at radius 1 is 1.39 bits per heavy atom. The number of aromatic nitrogens is 1. The molecule has 1 amide bonds. The van der Waals surface area contributed by atoms with Crippen molar-refractivity contribution in [3.8, 4) is 5.88 Å². The van der Waals surface area contributed by atoms with E-state index in [0.717, 1.165) is 20.5 Å². The molecule has 0 fully saturated rings. The minimum absolute atomic E-state index is 0.315. The highest BCUT2D eigenvalue weighted by molar-refractivity contribution is 14.1. The average Bonchev–Trinajstić information content (AvgIpc) is 2.82. The van der Waals surface area contributed by atoms with Crippen LogP contribution >= 0.6 is 22.6 Å². The quantitative estimate of drug-likeness (QED) is 0.704. The fraction of sp³-hybridized carbons (Fsp3) is 0.375. The molecule has 7 heteroatoms. The number of amides is 1. The van der Waals surface area contributed by atoms with Gasteiger partial charge in [-0.1, -0.05) is 12.1 Å². The fourth-order valence-electron chi connectivity index (χ4n) is 2.57. The molecule has 0 spiro atoms. The predicted molar refractivity (Wildman–Crippen MR) is 91.4 cm³/mol. The summed E-state index contributed by atoms with van der Waals surface area (Å²) in [5.41, 5.74) is 2.03. The van der Waals surface area contributed by atoms with Crippen molar-refractivity contribution >= 4 is 28.7 Å². The largest absolute Gasteiger partial charge is 0.470 e. The maximum absolute atomic E-state index is 11.6. The van der Waals surface area contributed by atoms with Gasteiger partial charge in [-0.3, -0.25) is 0 Å². The number of benzene rings is 1. The molecule has 0 bridgehead atoms. The number of fused-ring (bicyclic) bond motifs is 1. The van der Waals surface area contributed by atoms with Crippen LogP contribution in [0.3, 0.4) is 0 Å².